The molecule has 2 rings (SSSR count). The molecule has 2 aliphatic rings. The number of carboxylic acid groups (broad SMARTS) is 2. The van der Waals surface area contributed by atoms with Gasteiger partial charge in [-0.25, -0.2) is 19.2 Å². The lowest BCUT2D eigenvalue weighted by atomic mass is 10.1. The van der Waals surface area contributed by atoms with Gasteiger partial charge < -0.3 is 31.5 Å². The van der Waals surface area contributed by atoms with Crippen molar-refractivity contribution in [3.63, 3.8) is 0 Å². The fourth-order valence-electron chi connectivity index (χ4n) is 2.31. The summed E-state index contributed by atoms with van der Waals surface area (Å²) in [5.74, 6) is 0. The molecule has 0 atom stereocenters. The van der Waals surface area contributed by atoms with Gasteiger partial charge in [0.05, 0.1) is 0 Å². The Bertz CT molecular complexity index is 456. The summed E-state index contributed by atoms with van der Waals surface area (Å²) in [5.41, 5.74) is 10.1. The first kappa shape index (κ1) is 23.1. The summed E-state index contributed by atoms with van der Waals surface area (Å²) in [6.45, 7) is 3.43. The van der Waals surface area contributed by atoms with Gasteiger partial charge in [-0.15, -0.1) is 0 Å². The number of amides is 6. The van der Waals surface area contributed by atoms with Gasteiger partial charge in [0.2, 0.25) is 0 Å². The van der Waals surface area contributed by atoms with Crippen LogP contribution < -0.4 is 11.5 Å². The maximum Gasteiger partial charge on any atom is 0.450 e. The molecule has 2 heterocycles. The molecule has 12 heteroatoms. The van der Waals surface area contributed by atoms with E-state index in [1.165, 1.54) is 12.8 Å². The SMILES string of the molecule is NC(=O)N1CCCCC1.NC(=O)N1CCCCC1.O=C(O)N=NC(=O)O. The highest BCUT2D eigenvalue weighted by Crippen LogP contribution is 2.07. The van der Waals surface area contributed by atoms with E-state index in [-0.39, 0.29) is 12.1 Å². The Morgan fingerprint density at radius 3 is 1.04 bits per heavy atom. The summed E-state index contributed by atoms with van der Waals surface area (Å²) >= 11 is 0. The van der Waals surface area contributed by atoms with E-state index in [0.29, 0.717) is 0 Å². The van der Waals surface area contributed by atoms with Crippen LogP contribution in [0, 0.1) is 0 Å². The van der Waals surface area contributed by atoms with E-state index < -0.39 is 12.2 Å². The largest absolute Gasteiger partial charge is 0.462 e. The third-order valence-corrected chi connectivity index (χ3v) is 3.56. The minimum atomic E-state index is -1.62. The van der Waals surface area contributed by atoms with Gasteiger partial charge in [0.1, 0.15) is 0 Å². The summed E-state index contributed by atoms with van der Waals surface area (Å²) in [5, 5.41) is 19.8. The zero-order valence-electron chi connectivity index (χ0n) is 14.5. The van der Waals surface area contributed by atoms with Crippen molar-refractivity contribution < 1.29 is 29.4 Å². The Labute approximate surface area is 150 Å². The second kappa shape index (κ2) is 13.4. The van der Waals surface area contributed by atoms with Crippen LogP contribution in [-0.4, -0.2) is 70.4 Å². The molecule has 148 valence electrons. The third kappa shape index (κ3) is 12.5. The number of rotatable bonds is 0. The molecule has 0 spiro atoms. The van der Waals surface area contributed by atoms with Crippen molar-refractivity contribution in [3.8, 4) is 0 Å². The van der Waals surface area contributed by atoms with Crippen molar-refractivity contribution in [3.05, 3.63) is 0 Å². The van der Waals surface area contributed by atoms with Gasteiger partial charge in [0.15, 0.2) is 0 Å². The molecule has 0 radical (unpaired) electrons. The predicted octanol–water partition coefficient (Wildman–Crippen LogP) is 1.90. The van der Waals surface area contributed by atoms with Crippen LogP contribution in [-0.2, 0) is 0 Å². The van der Waals surface area contributed by atoms with E-state index in [1.54, 1.807) is 9.80 Å². The van der Waals surface area contributed by atoms with E-state index >= 15 is 0 Å². The minimum absolute atomic E-state index is 0.269. The molecule has 2 fully saturated rings. The number of piperidine rings is 2. The van der Waals surface area contributed by atoms with Crippen LogP contribution >= 0.6 is 0 Å². The zero-order chi connectivity index (χ0) is 19.9. The van der Waals surface area contributed by atoms with Gasteiger partial charge in [-0.2, -0.15) is 0 Å². The highest BCUT2D eigenvalue weighted by molar-refractivity contribution is 5.72. The molecule has 0 aromatic heterocycles. The van der Waals surface area contributed by atoms with E-state index in [4.69, 9.17) is 21.7 Å². The van der Waals surface area contributed by atoms with Crippen LogP contribution in [0.15, 0.2) is 10.2 Å². The lowest BCUT2D eigenvalue weighted by Gasteiger charge is -2.24. The van der Waals surface area contributed by atoms with Crippen LogP contribution in [0.25, 0.3) is 0 Å². The molecule has 0 aliphatic carbocycles. The lowest BCUT2D eigenvalue weighted by Crippen LogP contribution is -2.39. The Kier molecular flexibility index (Phi) is 11.9. The monoisotopic (exact) mass is 374 g/mol. The van der Waals surface area contributed by atoms with Gasteiger partial charge in [0, 0.05) is 26.2 Å². The van der Waals surface area contributed by atoms with Crippen molar-refractivity contribution in [2.45, 2.75) is 38.5 Å². The minimum Gasteiger partial charge on any atom is -0.462 e. The standard InChI is InChI=1S/2C6H12N2O.C2H2N2O4/c2*7-6(9)8-4-2-1-3-5-8;5-1(6)3-4-2(7)8/h2*1-5H2,(H2,7,9);(H,5,6)(H,7,8). The number of hydrogen-bond acceptors (Lipinski definition) is 4. The smallest absolute Gasteiger partial charge is 0.450 e. The van der Waals surface area contributed by atoms with Crippen molar-refractivity contribution >= 4 is 24.2 Å². The van der Waals surface area contributed by atoms with Gasteiger partial charge in [0.25, 0.3) is 0 Å². The topological polar surface area (TPSA) is 192 Å². The third-order valence-electron chi connectivity index (χ3n) is 3.56. The first-order valence-electron chi connectivity index (χ1n) is 8.20. The van der Waals surface area contributed by atoms with Gasteiger partial charge in [-0.3, -0.25) is 0 Å². The average molecular weight is 374 g/mol. The van der Waals surface area contributed by atoms with Crippen molar-refractivity contribution in [2.75, 3.05) is 26.2 Å². The van der Waals surface area contributed by atoms with E-state index in [2.05, 4.69) is 10.2 Å². The van der Waals surface area contributed by atoms with Crippen molar-refractivity contribution in [1.29, 1.82) is 0 Å². The maximum atomic E-state index is 10.5. The predicted molar refractivity (Wildman–Crippen MR) is 90.9 cm³/mol. The highest BCUT2D eigenvalue weighted by Gasteiger charge is 2.12. The fraction of sp³-hybridized carbons (Fsp3) is 0.714. The molecule has 2 saturated heterocycles. The van der Waals surface area contributed by atoms with Gasteiger partial charge >= 0.3 is 24.2 Å². The van der Waals surface area contributed by atoms with Gasteiger partial charge in [-0.1, -0.05) is 10.2 Å². The fourth-order valence-corrected chi connectivity index (χ4v) is 2.31. The number of nitrogens with two attached hydrogens (primary N) is 2. The Hall–Kier alpha value is -2.92. The Balaban J connectivity index is 0.000000362. The summed E-state index contributed by atoms with van der Waals surface area (Å²) in [6.07, 6.45) is 3.70. The summed E-state index contributed by atoms with van der Waals surface area (Å²) in [6, 6.07) is -0.538. The number of urea groups is 2. The van der Waals surface area contributed by atoms with Crippen molar-refractivity contribution in [2.24, 2.45) is 21.7 Å². The molecule has 0 bridgehead atoms. The van der Waals surface area contributed by atoms with Crippen molar-refractivity contribution in [1.82, 2.24) is 9.80 Å². The molecular weight excluding hydrogens is 348 g/mol. The van der Waals surface area contributed by atoms with Crippen LogP contribution in [0.4, 0.5) is 19.2 Å². The number of carbonyl (C=O) groups is 4. The van der Waals surface area contributed by atoms with Crippen LogP contribution in [0.3, 0.4) is 0 Å². The number of azo groups is 1. The first-order chi connectivity index (χ1) is 12.2. The van der Waals surface area contributed by atoms with E-state index in [0.717, 1.165) is 51.9 Å². The Morgan fingerprint density at radius 1 is 0.615 bits per heavy atom. The normalized spacial score (nSPS) is 16.6. The molecule has 12 nitrogen and oxygen atoms in total. The highest BCUT2D eigenvalue weighted by atomic mass is 16.4. The molecule has 26 heavy (non-hydrogen) atoms. The molecule has 6 N–H and O–H groups in total. The quantitative estimate of drug-likeness (QED) is 0.467. The van der Waals surface area contributed by atoms with E-state index in [9.17, 15) is 19.2 Å². The average Bonchev–Trinajstić information content (AvgIpc) is 2.62. The van der Waals surface area contributed by atoms with E-state index in [1.807, 2.05) is 0 Å². The van der Waals surface area contributed by atoms with Crippen LogP contribution in [0.2, 0.25) is 0 Å². The molecule has 0 aromatic rings. The summed E-state index contributed by atoms with van der Waals surface area (Å²) in [7, 11) is 0. The zero-order valence-corrected chi connectivity index (χ0v) is 14.5. The lowest BCUT2D eigenvalue weighted by molar-refractivity contribution is 0.194. The number of carbonyl (C=O) groups excluding carboxylic acids is 2. The molecular formula is C14H26N6O6. The second-order valence-corrected chi connectivity index (χ2v) is 5.54. The first-order valence-corrected chi connectivity index (χ1v) is 8.20. The number of hydrogen-bond donors (Lipinski definition) is 4. The number of nitrogens with zero attached hydrogens (tertiary/aromatic N) is 4. The molecule has 6 amide bonds. The molecule has 2 aliphatic heterocycles. The molecule has 0 aromatic carbocycles. The van der Waals surface area contributed by atoms with Crippen LogP contribution in [0.5, 0.6) is 0 Å². The van der Waals surface area contributed by atoms with Crippen LogP contribution in [0.1, 0.15) is 38.5 Å². The number of likely N-dealkylation sites (tertiary alicyclic amines) is 2. The molecule has 0 unspecified atom stereocenters. The Morgan fingerprint density at radius 2 is 0.885 bits per heavy atom. The molecule has 0 saturated carbocycles. The number of primary amides is 2. The maximum absolute atomic E-state index is 10.5. The second-order valence-electron chi connectivity index (χ2n) is 5.54. The summed E-state index contributed by atoms with van der Waals surface area (Å²) in [4.78, 5) is 43.2. The van der Waals surface area contributed by atoms with Gasteiger partial charge in [-0.05, 0) is 38.5 Å². The summed E-state index contributed by atoms with van der Waals surface area (Å²) < 4.78 is 0.